The maximum Gasteiger partial charge on any atom is 0.258 e. The van der Waals surface area contributed by atoms with Crippen LogP contribution in [-0.4, -0.2) is 30.8 Å². The van der Waals surface area contributed by atoms with Crippen LogP contribution in [0.4, 0.5) is 0 Å². The number of rotatable bonds is 4. The number of benzene rings is 2. The first-order valence-corrected chi connectivity index (χ1v) is 8.18. The Morgan fingerprint density at radius 1 is 1.14 bits per heavy atom. The summed E-state index contributed by atoms with van der Waals surface area (Å²) >= 11 is 0. The van der Waals surface area contributed by atoms with Crippen LogP contribution in [0.3, 0.4) is 0 Å². The van der Waals surface area contributed by atoms with Crippen LogP contribution in [0.2, 0.25) is 0 Å². The van der Waals surface area contributed by atoms with E-state index in [0.29, 0.717) is 0 Å². The van der Waals surface area contributed by atoms with Crippen molar-refractivity contribution in [2.75, 3.05) is 6.26 Å². The molecular formula is C15H15NO5S. The number of carbonyl (C=O) groups is 1. The van der Waals surface area contributed by atoms with Crippen molar-refractivity contribution in [3.05, 3.63) is 59.7 Å². The summed E-state index contributed by atoms with van der Waals surface area (Å²) in [6.45, 7) is 0. The summed E-state index contributed by atoms with van der Waals surface area (Å²) in [7, 11) is -3.53. The SMILES string of the molecule is CS(=O)(=O)c1ccc(C(O)(C(N)=O)c2ccccc2)c(O)c1. The van der Waals surface area contributed by atoms with Gasteiger partial charge in [-0.15, -0.1) is 0 Å². The van der Waals surface area contributed by atoms with Gasteiger partial charge in [0.2, 0.25) is 0 Å². The number of sulfone groups is 1. The van der Waals surface area contributed by atoms with Gasteiger partial charge in [0.15, 0.2) is 15.4 Å². The molecule has 2 aromatic rings. The molecule has 0 aliphatic rings. The zero-order chi connectivity index (χ0) is 16.5. The Morgan fingerprint density at radius 2 is 1.73 bits per heavy atom. The van der Waals surface area contributed by atoms with E-state index in [1.54, 1.807) is 18.2 Å². The number of hydrogen-bond donors (Lipinski definition) is 3. The number of phenols is 1. The molecular weight excluding hydrogens is 306 g/mol. The molecule has 0 aromatic heterocycles. The van der Waals surface area contributed by atoms with Crippen molar-refractivity contribution in [1.82, 2.24) is 0 Å². The minimum Gasteiger partial charge on any atom is -0.507 e. The summed E-state index contributed by atoms with van der Waals surface area (Å²) in [6.07, 6.45) is 0.985. The highest BCUT2D eigenvalue weighted by molar-refractivity contribution is 7.90. The number of aromatic hydroxyl groups is 1. The van der Waals surface area contributed by atoms with Crippen molar-refractivity contribution in [3.8, 4) is 5.75 Å². The van der Waals surface area contributed by atoms with Gasteiger partial charge in [0.1, 0.15) is 5.75 Å². The summed E-state index contributed by atoms with van der Waals surface area (Å²) in [4.78, 5) is 11.7. The first-order chi connectivity index (χ1) is 10.2. The average molecular weight is 321 g/mol. The van der Waals surface area contributed by atoms with Gasteiger partial charge in [-0.25, -0.2) is 8.42 Å². The van der Waals surface area contributed by atoms with E-state index in [0.717, 1.165) is 12.3 Å². The smallest absolute Gasteiger partial charge is 0.258 e. The van der Waals surface area contributed by atoms with E-state index >= 15 is 0 Å². The Balaban J connectivity index is 2.68. The number of primary amides is 1. The fourth-order valence-electron chi connectivity index (χ4n) is 2.16. The summed E-state index contributed by atoms with van der Waals surface area (Å²) in [5.41, 5.74) is 3.04. The predicted octanol–water partition coefficient (Wildman–Crippen LogP) is 0.517. The Kier molecular flexibility index (Phi) is 3.95. The Hall–Kier alpha value is -2.38. The quantitative estimate of drug-likeness (QED) is 0.758. The molecule has 0 spiro atoms. The van der Waals surface area contributed by atoms with Gasteiger partial charge in [0.05, 0.1) is 4.90 Å². The van der Waals surface area contributed by atoms with Crippen LogP contribution < -0.4 is 5.73 Å². The summed E-state index contributed by atoms with van der Waals surface area (Å²) < 4.78 is 23.0. The van der Waals surface area contributed by atoms with E-state index in [2.05, 4.69) is 0 Å². The van der Waals surface area contributed by atoms with Crippen molar-refractivity contribution in [1.29, 1.82) is 0 Å². The predicted molar refractivity (Wildman–Crippen MR) is 79.9 cm³/mol. The highest BCUT2D eigenvalue weighted by Crippen LogP contribution is 2.36. The highest BCUT2D eigenvalue weighted by Gasteiger charge is 2.40. The third-order valence-corrected chi connectivity index (χ3v) is 4.45. The number of phenolic OH excluding ortho intramolecular Hbond substituents is 1. The molecule has 22 heavy (non-hydrogen) atoms. The molecule has 0 heterocycles. The minimum absolute atomic E-state index is 0.131. The second-order valence-electron chi connectivity index (χ2n) is 4.89. The molecule has 0 aliphatic heterocycles. The van der Waals surface area contributed by atoms with E-state index in [1.165, 1.54) is 24.3 Å². The summed E-state index contributed by atoms with van der Waals surface area (Å²) in [5, 5.41) is 20.8. The molecule has 1 unspecified atom stereocenters. The molecule has 0 saturated heterocycles. The standard InChI is InChI=1S/C15H15NO5S/c1-22(20,21)11-7-8-12(13(17)9-11)15(19,14(16)18)10-5-3-2-4-6-10/h2-9,17,19H,1H3,(H2,16,18). The molecule has 1 amide bonds. The van der Waals surface area contributed by atoms with Crippen LogP contribution in [0.25, 0.3) is 0 Å². The maximum atomic E-state index is 11.8. The molecule has 7 heteroatoms. The highest BCUT2D eigenvalue weighted by atomic mass is 32.2. The molecule has 2 aromatic carbocycles. The molecule has 2 rings (SSSR count). The number of hydrogen-bond acceptors (Lipinski definition) is 5. The Bertz CT molecular complexity index is 817. The lowest BCUT2D eigenvalue weighted by atomic mass is 9.85. The zero-order valence-corrected chi connectivity index (χ0v) is 12.5. The normalized spacial score (nSPS) is 14.3. The second-order valence-corrected chi connectivity index (χ2v) is 6.91. The molecule has 4 N–H and O–H groups in total. The number of carbonyl (C=O) groups excluding carboxylic acids is 1. The van der Waals surface area contributed by atoms with Gasteiger partial charge in [-0.1, -0.05) is 36.4 Å². The van der Waals surface area contributed by atoms with Crippen molar-refractivity contribution in [3.63, 3.8) is 0 Å². The van der Waals surface area contributed by atoms with E-state index in [-0.39, 0.29) is 16.0 Å². The molecule has 116 valence electrons. The molecule has 0 radical (unpaired) electrons. The van der Waals surface area contributed by atoms with Gasteiger partial charge in [-0.05, 0) is 17.7 Å². The largest absolute Gasteiger partial charge is 0.507 e. The molecule has 0 bridgehead atoms. The van der Waals surface area contributed by atoms with E-state index in [9.17, 15) is 23.4 Å². The van der Waals surface area contributed by atoms with Gasteiger partial charge < -0.3 is 15.9 Å². The van der Waals surface area contributed by atoms with Crippen LogP contribution in [0.5, 0.6) is 5.75 Å². The van der Waals surface area contributed by atoms with Crippen molar-refractivity contribution >= 4 is 15.7 Å². The molecule has 0 fully saturated rings. The second kappa shape index (κ2) is 5.43. The first-order valence-electron chi connectivity index (χ1n) is 6.28. The van der Waals surface area contributed by atoms with Gasteiger partial charge in [-0.3, -0.25) is 4.79 Å². The van der Waals surface area contributed by atoms with Crippen LogP contribution in [0.15, 0.2) is 53.4 Å². The lowest BCUT2D eigenvalue weighted by molar-refractivity contribution is -0.133. The third kappa shape index (κ3) is 2.68. The van der Waals surface area contributed by atoms with Crippen LogP contribution in [-0.2, 0) is 20.2 Å². The zero-order valence-electron chi connectivity index (χ0n) is 11.7. The number of amides is 1. The maximum absolute atomic E-state index is 11.8. The van der Waals surface area contributed by atoms with Gasteiger partial charge in [0.25, 0.3) is 5.91 Å². The van der Waals surface area contributed by atoms with E-state index in [4.69, 9.17) is 5.73 Å². The molecule has 0 saturated carbocycles. The Morgan fingerprint density at radius 3 is 2.18 bits per heavy atom. The minimum atomic E-state index is -3.53. The topological polar surface area (TPSA) is 118 Å². The molecule has 1 atom stereocenters. The summed E-state index contributed by atoms with van der Waals surface area (Å²) in [6, 6.07) is 11.2. The monoisotopic (exact) mass is 321 g/mol. The Labute approximate surface area is 127 Å². The first kappa shape index (κ1) is 16.0. The van der Waals surface area contributed by atoms with Gasteiger partial charge in [0, 0.05) is 11.8 Å². The molecule has 6 nitrogen and oxygen atoms in total. The van der Waals surface area contributed by atoms with Gasteiger partial charge in [-0.2, -0.15) is 0 Å². The van der Waals surface area contributed by atoms with E-state index in [1.807, 2.05) is 0 Å². The number of aliphatic hydroxyl groups is 1. The van der Waals surface area contributed by atoms with Crippen molar-refractivity contribution in [2.24, 2.45) is 5.73 Å². The number of nitrogens with two attached hydrogens (primary N) is 1. The average Bonchev–Trinajstić information content (AvgIpc) is 2.46. The van der Waals surface area contributed by atoms with Crippen LogP contribution >= 0.6 is 0 Å². The molecule has 0 aliphatic carbocycles. The fraction of sp³-hybridized carbons (Fsp3) is 0.133. The summed E-state index contributed by atoms with van der Waals surface area (Å²) in [5.74, 6) is -1.62. The lowest BCUT2D eigenvalue weighted by Gasteiger charge is -2.26. The van der Waals surface area contributed by atoms with E-state index < -0.39 is 27.1 Å². The fourth-order valence-corrected chi connectivity index (χ4v) is 2.80. The lowest BCUT2D eigenvalue weighted by Crippen LogP contribution is -2.42. The third-order valence-electron chi connectivity index (χ3n) is 3.34. The van der Waals surface area contributed by atoms with Gasteiger partial charge >= 0.3 is 0 Å². The van der Waals surface area contributed by atoms with Crippen LogP contribution in [0, 0.1) is 0 Å². The van der Waals surface area contributed by atoms with Crippen LogP contribution in [0.1, 0.15) is 11.1 Å². The van der Waals surface area contributed by atoms with Crippen molar-refractivity contribution < 1.29 is 23.4 Å². The van der Waals surface area contributed by atoms with Crippen molar-refractivity contribution in [2.45, 2.75) is 10.5 Å².